The van der Waals surface area contributed by atoms with Gasteiger partial charge in [0, 0.05) is 19.8 Å². The second-order valence-corrected chi connectivity index (χ2v) is 8.07. The number of aryl methyl sites for hydroxylation is 2. The van der Waals surface area contributed by atoms with Gasteiger partial charge in [-0.15, -0.1) is 0 Å². The van der Waals surface area contributed by atoms with Crippen molar-refractivity contribution in [2.45, 2.75) is 18.7 Å². The number of sulfonamides is 1. The largest absolute Gasteiger partial charge is 0.483 e. The van der Waals surface area contributed by atoms with Crippen molar-refractivity contribution in [2.75, 3.05) is 26.0 Å². The van der Waals surface area contributed by atoms with Crippen LogP contribution in [-0.2, 0) is 14.8 Å². The van der Waals surface area contributed by atoms with Crippen molar-refractivity contribution in [1.82, 2.24) is 4.31 Å². The van der Waals surface area contributed by atoms with Crippen LogP contribution in [0.1, 0.15) is 11.1 Å². The molecule has 1 amide bonds. The van der Waals surface area contributed by atoms with E-state index in [1.807, 2.05) is 32.0 Å². The van der Waals surface area contributed by atoms with Crippen molar-refractivity contribution < 1.29 is 17.9 Å². The van der Waals surface area contributed by atoms with E-state index >= 15 is 0 Å². The maximum absolute atomic E-state index is 12.1. The minimum Gasteiger partial charge on any atom is -0.483 e. The smallest absolute Gasteiger partial charge is 0.262 e. The van der Waals surface area contributed by atoms with E-state index in [1.54, 1.807) is 12.1 Å². The zero-order valence-electron chi connectivity index (χ0n) is 14.7. The molecule has 0 saturated carbocycles. The summed E-state index contributed by atoms with van der Waals surface area (Å²) in [7, 11) is -0.636. The number of hydrogen-bond acceptors (Lipinski definition) is 4. The minimum atomic E-state index is -3.55. The molecule has 0 aliphatic heterocycles. The first-order chi connectivity index (χ1) is 11.7. The van der Waals surface area contributed by atoms with Gasteiger partial charge in [-0.1, -0.05) is 18.2 Å². The highest BCUT2D eigenvalue weighted by Gasteiger charge is 2.17. The second kappa shape index (κ2) is 7.67. The Balaban J connectivity index is 2.05. The van der Waals surface area contributed by atoms with Gasteiger partial charge in [-0.3, -0.25) is 4.79 Å². The molecule has 7 heteroatoms. The Hall–Kier alpha value is -2.38. The third-order valence-electron chi connectivity index (χ3n) is 3.60. The number of nitrogens with zero attached hydrogens (tertiary/aromatic N) is 1. The molecule has 0 aromatic heterocycles. The fraction of sp³-hybridized carbons (Fsp3) is 0.278. The van der Waals surface area contributed by atoms with E-state index < -0.39 is 10.0 Å². The van der Waals surface area contributed by atoms with Crippen LogP contribution in [-0.4, -0.2) is 39.3 Å². The number of benzene rings is 2. The van der Waals surface area contributed by atoms with Gasteiger partial charge >= 0.3 is 0 Å². The van der Waals surface area contributed by atoms with Gasteiger partial charge < -0.3 is 10.1 Å². The molecule has 25 heavy (non-hydrogen) atoms. The van der Waals surface area contributed by atoms with Gasteiger partial charge in [-0.2, -0.15) is 0 Å². The van der Waals surface area contributed by atoms with Crippen LogP contribution in [0.3, 0.4) is 0 Å². The standard InChI is InChI=1S/C18H22N2O4S/c1-13-8-9-14(2)17(10-13)24-12-18(21)19-15-6-5-7-16(11-15)25(22,23)20(3)4/h5-11H,12H2,1-4H3,(H,19,21). The topological polar surface area (TPSA) is 75.7 Å². The van der Waals surface area contributed by atoms with Crippen LogP contribution < -0.4 is 10.1 Å². The number of amides is 1. The molecule has 1 N–H and O–H groups in total. The van der Waals surface area contributed by atoms with Gasteiger partial charge in [0.1, 0.15) is 5.75 Å². The first-order valence-corrected chi connectivity index (χ1v) is 9.16. The van der Waals surface area contributed by atoms with Crippen LogP contribution in [0.2, 0.25) is 0 Å². The Morgan fingerprint density at radius 3 is 2.52 bits per heavy atom. The molecule has 0 saturated heterocycles. The van der Waals surface area contributed by atoms with Crippen molar-refractivity contribution in [1.29, 1.82) is 0 Å². The molecule has 0 atom stereocenters. The van der Waals surface area contributed by atoms with E-state index in [4.69, 9.17) is 4.74 Å². The summed E-state index contributed by atoms with van der Waals surface area (Å²) in [6.45, 7) is 3.69. The van der Waals surface area contributed by atoms with E-state index in [2.05, 4.69) is 5.32 Å². The molecule has 6 nitrogen and oxygen atoms in total. The normalized spacial score (nSPS) is 11.4. The molecule has 2 aromatic rings. The van der Waals surface area contributed by atoms with E-state index in [0.29, 0.717) is 11.4 Å². The molecular formula is C18H22N2O4S. The summed E-state index contributed by atoms with van der Waals surface area (Å²) in [6.07, 6.45) is 0. The van der Waals surface area contributed by atoms with Crippen molar-refractivity contribution >= 4 is 21.6 Å². The summed E-state index contributed by atoms with van der Waals surface area (Å²) in [4.78, 5) is 12.2. The zero-order valence-corrected chi connectivity index (χ0v) is 15.6. The highest BCUT2D eigenvalue weighted by Crippen LogP contribution is 2.20. The van der Waals surface area contributed by atoms with Gasteiger partial charge in [0.25, 0.3) is 5.91 Å². The van der Waals surface area contributed by atoms with Crippen molar-refractivity contribution in [3.8, 4) is 5.75 Å². The number of carbonyl (C=O) groups excluding carboxylic acids is 1. The third-order valence-corrected chi connectivity index (χ3v) is 5.41. The van der Waals surface area contributed by atoms with Gasteiger partial charge in [0.2, 0.25) is 10.0 Å². The molecule has 0 aliphatic rings. The molecule has 2 rings (SSSR count). The van der Waals surface area contributed by atoms with E-state index in [0.717, 1.165) is 15.4 Å². The van der Waals surface area contributed by atoms with E-state index in [1.165, 1.54) is 26.2 Å². The Kier molecular flexibility index (Phi) is 5.81. The van der Waals surface area contributed by atoms with E-state index in [-0.39, 0.29) is 17.4 Å². The number of hydrogen-bond donors (Lipinski definition) is 1. The lowest BCUT2D eigenvalue weighted by atomic mass is 10.1. The van der Waals surface area contributed by atoms with Gasteiger partial charge in [0.05, 0.1) is 4.90 Å². The summed E-state index contributed by atoms with van der Waals surface area (Å²) < 4.78 is 30.9. The zero-order chi connectivity index (χ0) is 18.6. The van der Waals surface area contributed by atoms with Crippen molar-refractivity contribution in [3.05, 3.63) is 53.6 Å². The summed E-state index contributed by atoms with van der Waals surface area (Å²) in [5.74, 6) is 0.291. The molecule has 2 aromatic carbocycles. The van der Waals surface area contributed by atoms with Crippen molar-refractivity contribution in [2.24, 2.45) is 0 Å². The highest BCUT2D eigenvalue weighted by molar-refractivity contribution is 7.89. The molecule has 0 spiro atoms. The minimum absolute atomic E-state index is 0.116. The van der Waals surface area contributed by atoms with Crippen molar-refractivity contribution in [3.63, 3.8) is 0 Å². The predicted molar refractivity (Wildman–Crippen MR) is 97.4 cm³/mol. The lowest BCUT2D eigenvalue weighted by molar-refractivity contribution is -0.118. The number of ether oxygens (including phenoxy) is 1. The summed E-state index contributed by atoms with van der Waals surface area (Å²) in [5, 5.41) is 2.65. The average Bonchev–Trinajstić information content (AvgIpc) is 2.55. The number of nitrogens with one attached hydrogen (secondary N) is 1. The summed E-state index contributed by atoms with van der Waals surface area (Å²) in [6, 6.07) is 11.9. The lowest BCUT2D eigenvalue weighted by Crippen LogP contribution is -2.23. The van der Waals surface area contributed by atoms with Crippen LogP contribution in [0, 0.1) is 13.8 Å². The molecular weight excluding hydrogens is 340 g/mol. The first kappa shape index (κ1) is 19.0. The lowest BCUT2D eigenvalue weighted by Gasteiger charge is -2.13. The Bertz CT molecular complexity index is 876. The van der Waals surface area contributed by atoms with Gasteiger partial charge in [0.15, 0.2) is 6.61 Å². The average molecular weight is 362 g/mol. The quantitative estimate of drug-likeness (QED) is 0.857. The van der Waals surface area contributed by atoms with Crippen LogP contribution in [0.5, 0.6) is 5.75 Å². The van der Waals surface area contributed by atoms with Crippen LogP contribution in [0.4, 0.5) is 5.69 Å². The third kappa shape index (κ3) is 4.80. The molecule has 0 heterocycles. The fourth-order valence-corrected chi connectivity index (χ4v) is 3.10. The molecule has 134 valence electrons. The SMILES string of the molecule is Cc1ccc(C)c(OCC(=O)Nc2cccc(S(=O)(=O)N(C)C)c2)c1. The second-order valence-electron chi connectivity index (χ2n) is 5.92. The molecule has 0 bridgehead atoms. The van der Waals surface area contributed by atoms with Gasteiger partial charge in [-0.25, -0.2) is 12.7 Å². The number of anilines is 1. The van der Waals surface area contributed by atoms with Gasteiger partial charge in [-0.05, 0) is 49.2 Å². The Labute approximate surface area is 148 Å². The fourth-order valence-electron chi connectivity index (χ4n) is 2.15. The number of carbonyl (C=O) groups is 1. The molecule has 0 radical (unpaired) electrons. The molecule has 0 aliphatic carbocycles. The predicted octanol–water partition coefficient (Wildman–Crippen LogP) is 2.57. The van der Waals surface area contributed by atoms with Crippen LogP contribution >= 0.6 is 0 Å². The highest BCUT2D eigenvalue weighted by atomic mass is 32.2. The molecule has 0 unspecified atom stereocenters. The van der Waals surface area contributed by atoms with Crippen LogP contribution in [0.25, 0.3) is 0 Å². The monoisotopic (exact) mass is 362 g/mol. The number of rotatable bonds is 6. The molecule has 0 fully saturated rings. The van der Waals surface area contributed by atoms with Crippen LogP contribution in [0.15, 0.2) is 47.4 Å². The first-order valence-electron chi connectivity index (χ1n) is 7.72. The van der Waals surface area contributed by atoms with E-state index in [9.17, 15) is 13.2 Å². The summed E-state index contributed by atoms with van der Waals surface area (Å²) in [5.41, 5.74) is 2.39. The Morgan fingerprint density at radius 2 is 1.84 bits per heavy atom. The summed E-state index contributed by atoms with van der Waals surface area (Å²) >= 11 is 0. The Morgan fingerprint density at radius 1 is 1.12 bits per heavy atom. The maximum atomic E-state index is 12.1. The maximum Gasteiger partial charge on any atom is 0.262 e.